The van der Waals surface area contributed by atoms with Crippen LogP contribution in [-0.2, 0) is 0 Å². The van der Waals surface area contributed by atoms with Crippen molar-refractivity contribution in [3.8, 4) is 11.5 Å². The monoisotopic (exact) mass is 348 g/mol. The molecule has 0 unspecified atom stereocenters. The van der Waals surface area contributed by atoms with Gasteiger partial charge >= 0.3 is 0 Å². The van der Waals surface area contributed by atoms with Crippen molar-refractivity contribution in [2.45, 2.75) is 0 Å². The maximum Gasteiger partial charge on any atom is 0.298 e. The number of nitrogens with zero attached hydrogens (tertiary/aromatic N) is 3. The molecule has 0 aliphatic carbocycles. The lowest BCUT2D eigenvalue weighted by Gasteiger charge is -2.03. The Morgan fingerprint density at radius 2 is 2.00 bits per heavy atom. The van der Waals surface area contributed by atoms with Crippen molar-refractivity contribution in [2.24, 2.45) is 5.10 Å². The van der Waals surface area contributed by atoms with Crippen LogP contribution in [0.5, 0.6) is 11.5 Å². The topological polar surface area (TPSA) is 81.5 Å². The maximum absolute atomic E-state index is 12.7. The first kappa shape index (κ1) is 15.9. The second-order valence-electron chi connectivity index (χ2n) is 5.64. The molecule has 0 aliphatic rings. The minimum absolute atomic E-state index is 0.281. The number of methoxy groups -OCH3 is 2. The van der Waals surface area contributed by atoms with Crippen molar-refractivity contribution in [1.29, 1.82) is 0 Å². The zero-order valence-electron chi connectivity index (χ0n) is 14.3. The predicted molar refractivity (Wildman–Crippen MR) is 100 cm³/mol. The van der Waals surface area contributed by atoms with Gasteiger partial charge in [0.25, 0.3) is 5.56 Å². The summed E-state index contributed by atoms with van der Waals surface area (Å²) >= 11 is 0. The van der Waals surface area contributed by atoms with E-state index in [9.17, 15) is 4.79 Å². The van der Waals surface area contributed by atoms with Crippen LogP contribution in [0.15, 0.2) is 58.7 Å². The third kappa shape index (κ3) is 2.59. The molecule has 7 heteroatoms. The van der Waals surface area contributed by atoms with Crippen LogP contribution in [0.25, 0.3) is 21.9 Å². The molecule has 0 atom stereocenters. The van der Waals surface area contributed by atoms with Gasteiger partial charge in [0, 0.05) is 17.0 Å². The first-order valence-electron chi connectivity index (χ1n) is 7.95. The maximum atomic E-state index is 12.7. The van der Waals surface area contributed by atoms with Crippen molar-refractivity contribution in [3.05, 3.63) is 64.7 Å². The molecule has 4 rings (SSSR count). The molecule has 0 saturated heterocycles. The van der Waals surface area contributed by atoms with Crippen LogP contribution in [0.3, 0.4) is 0 Å². The largest absolute Gasteiger partial charge is 0.497 e. The molecule has 1 N–H and O–H groups in total. The van der Waals surface area contributed by atoms with Gasteiger partial charge in [-0.2, -0.15) is 9.78 Å². The quantitative estimate of drug-likeness (QED) is 0.575. The number of ether oxygens (including phenoxy) is 2. The molecule has 26 heavy (non-hydrogen) atoms. The van der Waals surface area contributed by atoms with Crippen LogP contribution in [-0.4, -0.2) is 35.1 Å². The molecule has 0 amide bonds. The number of rotatable bonds is 4. The lowest BCUT2D eigenvalue weighted by Crippen LogP contribution is -2.17. The third-order valence-corrected chi connectivity index (χ3v) is 4.16. The first-order chi connectivity index (χ1) is 12.7. The van der Waals surface area contributed by atoms with E-state index in [0.29, 0.717) is 22.5 Å². The highest BCUT2D eigenvalue weighted by atomic mass is 16.5. The highest BCUT2D eigenvalue weighted by Gasteiger charge is 2.11. The Hall–Kier alpha value is -3.61. The van der Waals surface area contributed by atoms with Crippen molar-refractivity contribution in [1.82, 2.24) is 14.6 Å². The average molecular weight is 348 g/mol. The second-order valence-corrected chi connectivity index (χ2v) is 5.64. The minimum Gasteiger partial charge on any atom is -0.497 e. The molecule has 0 radical (unpaired) electrons. The van der Waals surface area contributed by atoms with E-state index in [-0.39, 0.29) is 5.56 Å². The Morgan fingerprint density at radius 3 is 2.81 bits per heavy atom. The molecule has 0 bridgehead atoms. The van der Waals surface area contributed by atoms with Crippen LogP contribution in [0, 0.1) is 0 Å². The zero-order valence-corrected chi connectivity index (χ0v) is 14.3. The summed E-state index contributed by atoms with van der Waals surface area (Å²) in [6.45, 7) is 0. The zero-order chi connectivity index (χ0) is 18.1. The molecule has 2 aromatic heterocycles. The molecule has 2 aromatic carbocycles. The lowest BCUT2D eigenvalue weighted by molar-refractivity contribution is 0.414. The van der Waals surface area contributed by atoms with E-state index in [1.54, 1.807) is 20.4 Å². The molecule has 0 aliphatic heterocycles. The highest BCUT2D eigenvalue weighted by Crippen LogP contribution is 2.25. The first-order valence-corrected chi connectivity index (χ1v) is 7.95. The van der Waals surface area contributed by atoms with E-state index in [4.69, 9.17) is 9.47 Å². The van der Waals surface area contributed by atoms with E-state index in [1.165, 1.54) is 11.0 Å². The smallest absolute Gasteiger partial charge is 0.298 e. The van der Waals surface area contributed by atoms with Crippen LogP contribution in [0.4, 0.5) is 0 Å². The van der Waals surface area contributed by atoms with Crippen LogP contribution >= 0.6 is 0 Å². The van der Waals surface area contributed by atoms with Gasteiger partial charge in [-0.25, -0.2) is 4.98 Å². The summed E-state index contributed by atoms with van der Waals surface area (Å²) in [5.74, 6) is 1.38. The van der Waals surface area contributed by atoms with Gasteiger partial charge in [-0.3, -0.25) is 4.79 Å². The fourth-order valence-corrected chi connectivity index (χ4v) is 2.84. The van der Waals surface area contributed by atoms with Gasteiger partial charge in [-0.05, 0) is 24.3 Å². The lowest BCUT2D eigenvalue weighted by atomic mass is 10.2. The average Bonchev–Trinajstić information content (AvgIpc) is 3.06. The normalized spacial score (nSPS) is 11.5. The summed E-state index contributed by atoms with van der Waals surface area (Å²) < 4.78 is 11.7. The third-order valence-electron chi connectivity index (χ3n) is 4.16. The van der Waals surface area contributed by atoms with E-state index >= 15 is 0 Å². The number of benzene rings is 2. The van der Waals surface area contributed by atoms with Crippen LogP contribution in [0.1, 0.15) is 5.56 Å². The van der Waals surface area contributed by atoms with Gasteiger partial charge in [0.2, 0.25) is 0 Å². The predicted octanol–water partition coefficient (Wildman–Crippen LogP) is 2.78. The number of hydrogen-bond donors (Lipinski definition) is 1. The number of fused-ring (bicyclic) bond motifs is 3. The molecule has 4 aromatic rings. The Kier molecular flexibility index (Phi) is 3.89. The van der Waals surface area contributed by atoms with E-state index in [1.807, 2.05) is 42.5 Å². The van der Waals surface area contributed by atoms with Gasteiger partial charge < -0.3 is 14.5 Å². The molecule has 7 nitrogen and oxygen atoms in total. The van der Waals surface area contributed by atoms with E-state index in [0.717, 1.165) is 16.5 Å². The fraction of sp³-hybridized carbons (Fsp3) is 0.105. The van der Waals surface area contributed by atoms with Crippen molar-refractivity contribution in [2.75, 3.05) is 14.2 Å². The molecule has 130 valence electrons. The van der Waals surface area contributed by atoms with Gasteiger partial charge in [0.05, 0.1) is 26.0 Å². The number of aromatic amines is 1. The highest BCUT2D eigenvalue weighted by molar-refractivity contribution is 6.04. The van der Waals surface area contributed by atoms with Gasteiger partial charge in [-0.1, -0.05) is 12.1 Å². The molecule has 0 spiro atoms. The summed E-state index contributed by atoms with van der Waals surface area (Å²) in [7, 11) is 3.19. The van der Waals surface area contributed by atoms with Crippen molar-refractivity contribution >= 4 is 28.2 Å². The van der Waals surface area contributed by atoms with Crippen molar-refractivity contribution in [3.63, 3.8) is 0 Å². The Balaban J connectivity index is 1.81. The molecule has 0 saturated carbocycles. The SMILES string of the molecule is COc1ccc2c(c1)[nH]c1c(=O)n(/N=C\c3ccccc3OC)cnc12. The van der Waals surface area contributed by atoms with E-state index in [2.05, 4.69) is 15.1 Å². The number of nitrogens with one attached hydrogen (secondary N) is 1. The molecule has 0 fully saturated rings. The molecular weight excluding hydrogens is 332 g/mol. The second kappa shape index (κ2) is 6.36. The Morgan fingerprint density at radius 1 is 1.15 bits per heavy atom. The van der Waals surface area contributed by atoms with Gasteiger partial charge in [0.15, 0.2) is 0 Å². The molecule has 2 heterocycles. The van der Waals surface area contributed by atoms with E-state index < -0.39 is 0 Å². The van der Waals surface area contributed by atoms with Gasteiger partial charge in [0.1, 0.15) is 28.9 Å². The summed E-state index contributed by atoms with van der Waals surface area (Å²) in [5, 5.41) is 5.09. The molecular formula is C19H16N4O3. The Labute approximate surface area is 148 Å². The van der Waals surface area contributed by atoms with Crippen LogP contribution in [0.2, 0.25) is 0 Å². The summed E-state index contributed by atoms with van der Waals surface area (Å²) in [5.41, 5.74) is 2.28. The Bertz CT molecular complexity index is 1190. The fourth-order valence-electron chi connectivity index (χ4n) is 2.84. The standard InChI is InChI=1S/C19H16N4O3/c1-25-13-7-8-14-15(9-13)22-18-17(14)20-11-23(19(18)24)21-10-12-5-3-4-6-16(12)26-2/h3-11,22H,1-2H3/b21-10-. The number of hydrogen-bond acceptors (Lipinski definition) is 5. The summed E-state index contributed by atoms with van der Waals surface area (Å²) in [6, 6.07) is 13.0. The van der Waals surface area contributed by atoms with Crippen molar-refractivity contribution < 1.29 is 9.47 Å². The van der Waals surface area contributed by atoms with Gasteiger partial charge in [-0.15, -0.1) is 0 Å². The summed E-state index contributed by atoms with van der Waals surface area (Å²) in [6.07, 6.45) is 2.98. The number of para-hydroxylation sites is 1. The number of aromatic nitrogens is 3. The minimum atomic E-state index is -0.281. The number of H-pyrrole nitrogens is 1. The summed E-state index contributed by atoms with van der Waals surface area (Å²) in [4.78, 5) is 20.2. The van der Waals surface area contributed by atoms with Crippen LogP contribution < -0.4 is 15.0 Å².